The number of hydrogen-bond donors (Lipinski definition) is 1. The average Bonchev–Trinajstić information content (AvgIpc) is 2.78. The number of aryl methyl sites for hydroxylation is 3. The second-order valence-electron chi connectivity index (χ2n) is 6.05. The van der Waals surface area contributed by atoms with E-state index in [0.717, 1.165) is 25.9 Å². The second kappa shape index (κ2) is 5.57. The quantitative estimate of drug-likeness (QED) is 0.925. The van der Waals surface area contributed by atoms with Crippen LogP contribution in [0.4, 0.5) is 0 Å². The van der Waals surface area contributed by atoms with Crippen molar-refractivity contribution in [1.82, 2.24) is 14.9 Å². The summed E-state index contributed by atoms with van der Waals surface area (Å²) in [7, 11) is 0. The van der Waals surface area contributed by atoms with E-state index < -0.39 is 0 Å². The molecule has 0 saturated carbocycles. The van der Waals surface area contributed by atoms with Gasteiger partial charge in [0.2, 0.25) is 0 Å². The van der Waals surface area contributed by atoms with E-state index in [1.165, 1.54) is 40.8 Å². The maximum absolute atomic E-state index is 4.92. The molecule has 3 nitrogen and oxygen atoms in total. The molecule has 1 saturated heterocycles. The van der Waals surface area contributed by atoms with Crippen LogP contribution in [0, 0.1) is 13.8 Å². The smallest absolute Gasteiger partial charge is 0.110 e. The number of hydrogen-bond acceptors (Lipinski definition) is 2. The minimum Gasteiger partial charge on any atom is -0.325 e. The topological polar surface area (TPSA) is 29.9 Å². The molecule has 20 heavy (non-hydrogen) atoms. The Kier molecular flexibility index (Phi) is 3.79. The number of aromatic nitrogens is 2. The first-order valence-electron chi connectivity index (χ1n) is 7.89. The molecule has 1 aromatic carbocycles. The van der Waals surface area contributed by atoms with E-state index >= 15 is 0 Å². The van der Waals surface area contributed by atoms with Crippen LogP contribution in [0.1, 0.15) is 49.2 Å². The van der Waals surface area contributed by atoms with Crippen LogP contribution in [0.2, 0.25) is 0 Å². The summed E-state index contributed by atoms with van der Waals surface area (Å²) >= 11 is 0. The minimum absolute atomic E-state index is 0.616. The zero-order chi connectivity index (χ0) is 14.1. The fourth-order valence-electron chi connectivity index (χ4n) is 3.27. The van der Waals surface area contributed by atoms with Crippen LogP contribution in [0.5, 0.6) is 0 Å². The molecule has 2 aromatic rings. The van der Waals surface area contributed by atoms with Crippen LogP contribution in [0.15, 0.2) is 12.1 Å². The first-order valence-corrected chi connectivity index (χ1v) is 7.89. The Hall–Kier alpha value is -1.35. The highest BCUT2D eigenvalue weighted by atomic mass is 15.1. The third-order valence-electron chi connectivity index (χ3n) is 4.53. The summed E-state index contributed by atoms with van der Waals surface area (Å²) in [5.74, 6) is 1.28. The van der Waals surface area contributed by atoms with Gasteiger partial charge in [-0.15, -0.1) is 0 Å². The lowest BCUT2D eigenvalue weighted by Crippen LogP contribution is -2.30. The van der Waals surface area contributed by atoms with Gasteiger partial charge in [-0.25, -0.2) is 4.98 Å². The number of nitrogens with one attached hydrogen (secondary N) is 1. The van der Waals surface area contributed by atoms with E-state index in [1.807, 2.05) is 0 Å². The van der Waals surface area contributed by atoms with E-state index in [-0.39, 0.29) is 0 Å². The Balaban J connectivity index is 2.14. The summed E-state index contributed by atoms with van der Waals surface area (Å²) in [5, 5.41) is 3.46. The number of nitrogens with zero attached hydrogens (tertiary/aromatic N) is 2. The Labute approximate surface area is 121 Å². The van der Waals surface area contributed by atoms with Crippen LogP contribution in [0.3, 0.4) is 0 Å². The van der Waals surface area contributed by atoms with Gasteiger partial charge >= 0.3 is 0 Å². The summed E-state index contributed by atoms with van der Waals surface area (Å²) in [5.41, 5.74) is 5.23. The van der Waals surface area contributed by atoms with Crippen molar-refractivity contribution in [3.05, 3.63) is 29.1 Å². The van der Waals surface area contributed by atoms with Gasteiger partial charge in [0.25, 0.3) is 0 Å². The minimum atomic E-state index is 0.616. The molecular formula is C17H25N3. The molecule has 0 atom stereocenters. The number of fused-ring (bicyclic) bond motifs is 1. The van der Waals surface area contributed by atoms with Crippen molar-refractivity contribution in [3.8, 4) is 0 Å². The lowest BCUT2D eigenvalue weighted by atomic mass is 10.0. The van der Waals surface area contributed by atoms with Gasteiger partial charge < -0.3 is 9.88 Å². The van der Waals surface area contributed by atoms with Crippen molar-refractivity contribution in [3.63, 3.8) is 0 Å². The van der Waals surface area contributed by atoms with Crippen molar-refractivity contribution < 1.29 is 0 Å². The van der Waals surface area contributed by atoms with Crippen LogP contribution < -0.4 is 5.32 Å². The summed E-state index contributed by atoms with van der Waals surface area (Å²) < 4.78 is 2.53. The maximum atomic E-state index is 4.92. The molecule has 0 aliphatic carbocycles. The number of rotatable bonds is 3. The molecule has 1 fully saturated rings. The van der Waals surface area contributed by atoms with Crippen molar-refractivity contribution in [2.24, 2.45) is 0 Å². The zero-order valence-corrected chi connectivity index (χ0v) is 12.9. The molecule has 108 valence electrons. The SMILES string of the molecule is CCCc1nc2cc(C)c(C)cc2n1C1CCNCC1. The van der Waals surface area contributed by atoms with E-state index in [2.05, 4.69) is 42.8 Å². The number of benzene rings is 1. The van der Waals surface area contributed by atoms with E-state index in [0.29, 0.717) is 6.04 Å². The molecule has 3 heteroatoms. The lowest BCUT2D eigenvalue weighted by molar-refractivity contribution is 0.366. The maximum Gasteiger partial charge on any atom is 0.110 e. The standard InChI is InChI=1S/C17H25N3/c1-4-5-17-19-15-10-12(2)13(3)11-16(15)20(17)14-6-8-18-9-7-14/h10-11,14,18H,4-9H2,1-3H3. The van der Waals surface area contributed by atoms with Crippen LogP contribution in [-0.4, -0.2) is 22.6 Å². The van der Waals surface area contributed by atoms with E-state index in [4.69, 9.17) is 4.98 Å². The first-order chi connectivity index (χ1) is 9.70. The van der Waals surface area contributed by atoms with Gasteiger partial charge in [-0.1, -0.05) is 6.92 Å². The summed E-state index contributed by atoms with van der Waals surface area (Å²) in [6.45, 7) is 8.87. The fourth-order valence-corrected chi connectivity index (χ4v) is 3.27. The largest absolute Gasteiger partial charge is 0.325 e. The highest BCUT2D eigenvalue weighted by Gasteiger charge is 2.21. The third-order valence-corrected chi connectivity index (χ3v) is 4.53. The molecule has 2 heterocycles. The average molecular weight is 271 g/mol. The number of imidazole rings is 1. The van der Waals surface area contributed by atoms with Crippen molar-refractivity contribution in [2.45, 2.75) is 52.5 Å². The fraction of sp³-hybridized carbons (Fsp3) is 0.588. The normalized spacial score (nSPS) is 16.9. The lowest BCUT2D eigenvalue weighted by Gasteiger charge is -2.26. The van der Waals surface area contributed by atoms with Gasteiger partial charge in [0.15, 0.2) is 0 Å². The summed E-state index contributed by atoms with van der Waals surface area (Å²) in [6, 6.07) is 5.20. The van der Waals surface area contributed by atoms with E-state index in [9.17, 15) is 0 Å². The first kappa shape index (κ1) is 13.6. The molecule has 0 amide bonds. The molecule has 0 unspecified atom stereocenters. The van der Waals surface area contributed by atoms with Gasteiger partial charge in [-0.2, -0.15) is 0 Å². The van der Waals surface area contributed by atoms with Crippen molar-refractivity contribution >= 4 is 11.0 Å². The predicted octanol–water partition coefficient (Wildman–Crippen LogP) is 3.53. The molecule has 1 N–H and O–H groups in total. The molecule has 0 spiro atoms. The molecule has 0 bridgehead atoms. The second-order valence-corrected chi connectivity index (χ2v) is 6.05. The van der Waals surface area contributed by atoms with Gasteiger partial charge in [0, 0.05) is 12.5 Å². The third kappa shape index (κ3) is 2.35. The molecule has 0 radical (unpaired) electrons. The van der Waals surface area contributed by atoms with Gasteiger partial charge in [-0.3, -0.25) is 0 Å². The summed E-state index contributed by atoms with van der Waals surface area (Å²) in [4.78, 5) is 4.92. The molecule has 1 aromatic heterocycles. The Morgan fingerprint density at radius 1 is 1.20 bits per heavy atom. The van der Waals surface area contributed by atoms with Crippen molar-refractivity contribution in [1.29, 1.82) is 0 Å². The van der Waals surface area contributed by atoms with E-state index in [1.54, 1.807) is 0 Å². The molecular weight excluding hydrogens is 246 g/mol. The number of piperidine rings is 1. The van der Waals surface area contributed by atoms with Crippen LogP contribution in [0.25, 0.3) is 11.0 Å². The van der Waals surface area contributed by atoms with Crippen LogP contribution in [-0.2, 0) is 6.42 Å². The monoisotopic (exact) mass is 271 g/mol. The van der Waals surface area contributed by atoms with Gasteiger partial charge in [-0.05, 0) is 69.5 Å². The molecule has 1 aliphatic heterocycles. The van der Waals surface area contributed by atoms with Crippen molar-refractivity contribution in [2.75, 3.05) is 13.1 Å². The van der Waals surface area contributed by atoms with Crippen LogP contribution >= 0.6 is 0 Å². The Morgan fingerprint density at radius 3 is 2.60 bits per heavy atom. The molecule has 1 aliphatic rings. The van der Waals surface area contributed by atoms with Gasteiger partial charge in [0.1, 0.15) is 5.82 Å². The molecule has 3 rings (SSSR count). The summed E-state index contributed by atoms with van der Waals surface area (Å²) in [6.07, 6.45) is 4.67. The Morgan fingerprint density at radius 2 is 1.90 bits per heavy atom. The Bertz CT molecular complexity index is 606. The predicted molar refractivity (Wildman–Crippen MR) is 84.3 cm³/mol. The van der Waals surface area contributed by atoms with Gasteiger partial charge in [0.05, 0.1) is 11.0 Å². The highest BCUT2D eigenvalue weighted by molar-refractivity contribution is 5.78. The zero-order valence-electron chi connectivity index (χ0n) is 12.9. The highest BCUT2D eigenvalue weighted by Crippen LogP contribution is 2.29.